The molecule has 0 radical (unpaired) electrons. The molecule has 0 atom stereocenters. The Hall–Kier alpha value is -0.753. The zero-order valence-electron chi connectivity index (χ0n) is 11.4. The Morgan fingerprint density at radius 2 is 1.67 bits per heavy atom. The van der Waals surface area contributed by atoms with Gasteiger partial charge in [-0.3, -0.25) is 0 Å². The van der Waals surface area contributed by atoms with E-state index >= 15 is 0 Å². The van der Waals surface area contributed by atoms with E-state index in [1.165, 1.54) is 12.1 Å². The molecule has 102 valence electrons. The van der Waals surface area contributed by atoms with Gasteiger partial charge in [-0.15, -0.1) is 0 Å². The minimum atomic E-state index is -1.06. The lowest BCUT2D eigenvalue weighted by atomic mass is 10.3. The van der Waals surface area contributed by atoms with Crippen LogP contribution in [0.15, 0.2) is 24.3 Å². The highest BCUT2D eigenvalue weighted by atomic mass is 28.2. The topological polar surface area (TPSA) is 27.7 Å². The van der Waals surface area contributed by atoms with Crippen molar-refractivity contribution in [2.45, 2.75) is 46.4 Å². The fourth-order valence-corrected chi connectivity index (χ4v) is 2.34. The maximum atomic E-state index is 13.0. The minimum Gasteiger partial charge on any atom is -0.373 e. The van der Waals surface area contributed by atoms with Crippen LogP contribution in [0.25, 0.3) is 0 Å². The number of hydrogen-bond acceptors (Lipinski definition) is 3. The van der Waals surface area contributed by atoms with E-state index in [1.54, 1.807) is 6.07 Å². The smallest absolute Gasteiger partial charge is 0.262 e. The lowest BCUT2D eigenvalue weighted by Gasteiger charge is -2.23. The van der Waals surface area contributed by atoms with E-state index in [0.29, 0.717) is 0 Å². The summed E-state index contributed by atoms with van der Waals surface area (Å²) in [5.41, 5.74) is 0. The van der Waals surface area contributed by atoms with Crippen LogP contribution in [0.3, 0.4) is 0 Å². The second kappa shape index (κ2) is 7.63. The van der Waals surface area contributed by atoms with E-state index in [2.05, 4.69) is 0 Å². The average Bonchev–Trinajstić information content (AvgIpc) is 2.24. The van der Waals surface area contributed by atoms with Gasteiger partial charge >= 0.3 is 0 Å². The Morgan fingerprint density at radius 1 is 1.06 bits per heavy atom. The van der Waals surface area contributed by atoms with Gasteiger partial charge in [-0.2, -0.15) is 0 Å². The predicted octanol–water partition coefficient (Wildman–Crippen LogP) is 1.68. The highest BCUT2D eigenvalue weighted by Gasteiger charge is 2.14. The molecule has 1 rings (SSSR count). The molecule has 0 saturated carbocycles. The van der Waals surface area contributed by atoms with Crippen molar-refractivity contribution in [1.29, 1.82) is 0 Å². The molecule has 1 aromatic carbocycles. The first-order chi connectivity index (χ1) is 8.47. The Kier molecular flexibility index (Phi) is 6.49. The maximum absolute atomic E-state index is 13.0. The van der Waals surface area contributed by atoms with Crippen molar-refractivity contribution in [3.05, 3.63) is 30.1 Å². The molecule has 0 aliphatic carbocycles. The molecule has 0 saturated heterocycles. The zero-order chi connectivity index (χ0) is 13.5. The number of benzene rings is 1. The number of ether oxygens (including phenoxy) is 2. The van der Waals surface area contributed by atoms with Crippen LogP contribution in [0.4, 0.5) is 4.39 Å². The Bertz CT molecular complexity index is 348. The highest BCUT2D eigenvalue weighted by molar-refractivity contribution is 6.46. The van der Waals surface area contributed by atoms with Crippen molar-refractivity contribution >= 4 is 14.9 Å². The first kappa shape index (κ1) is 15.3. The molecule has 0 spiro atoms. The molecular formula is C13H21FO3Si. The molecule has 0 aliphatic heterocycles. The summed E-state index contributed by atoms with van der Waals surface area (Å²) in [5.74, 6) is -0.241. The number of hydrogen-bond donors (Lipinski definition) is 0. The lowest BCUT2D eigenvalue weighted by Crippen LogP contribution is -2.32. The van der Waals surface area contributed by atoms with Crippen molar-refractivity contribution in [1.82, 2.24) is 0 Å². The summed E-state index contributed by atoms with van der Waals surface area (Å²) in [5, 5.41) is 0.889. The highest BCUT2D eigenvalue weighted by Crippen LogP contribution is 2.05. The van der Waals surface area contributed by atoms with Crippen LogP contribution in [-0.2, 0) is 13.9 Å². The van der Waals surface area contributed by atoms with Crippen LogP contribution in [0.1, 0.15) is 27.7 Å². The molecular weight excluding hydrogens is 251 g/mol. The van der Waals surface area contributed by atoms with Gasteiger partial charge in [-0.1, -0.05) is 12.1 Å². The van der Waals surface area contributed by atoms with Crippen LogP contribution < -0.4 is 5.19 Å². The van der Waals surface area contributed by atoms with Gasteiger partial charge in [0, 0.05) is 0 Å². The second-order valence-electron chi connectivity index (χ2n) is 4.60. The lowest BCUT2D eigenvalue weighted by molar-refractivity contribution is -0.274. The van der Waals surface area contributed by atoms with Gasteiger partial charge in [0.25, 0.3) is 6.48 Å². The molecule has 18 heavy (non-hydrogen) atoms. The van der Waals surface area contributed by atoms with Crippen LogP contribution in [0.5, 0.6) is 0 Å². The molecule has 0 N–H and O–H groups in total. The first-order valence-electron chi connectivity index (χ1n) is 6.14. The predicted molar refractivity (Wildman–Crippen MR) is 71.9 cm³/mol. The van der Waals surface area contributed by atoms with E-state index in [4.69, 9.17) is 13.9 Å². The molecule has 0 unspecified atom stereocenters. The van der Waals surface area contributed by atoms with Gasteiger partial charge in [0.2, 0.25) is 0 Å². The quantitative estimate of drug-likeness (QED) is 0.558. The van der Waals surface area contributed by atoms with Gasteiger partial charge in [0.1, 0.15) is 5.82 Å². The van der Waals surface area contributed by atoms with Crippen LogP contribution in [-0.4, -0.2) is 28.4 Å². The van der Waals surface area contributed by atoms with E-state index in [0.717, 1.165) is 5.19 Å². The third-order valence-electron chi connectivity index (χ3n) is 2.04. The fourth-order valence-electron chi connectivity index (χ4n) is 1.35. The van der Waals surface area contributed by atoms with Crippen LogP contribution in [0, 0.1) is 5.82 Å². The van der Waals surface area contributed by atoms with Gasteiger partial charge in [-0.05, 0) is 45.0 Å². The van der Waals surface area contributed by atoms with Crippen molar-refractivity contribution in [3.8, 4) is 0 Å². The monoisotopic (exact) mass is 272 g/mol. The molecule has 0 fully saturated rings. The summed E-state index contributed by atoms with van der Waals surface area (Å²) >= 11 is 0. The van der Waals surface area contributed by atoms with Crippen molar-refractivity contribution < 1.29 is 18.3 Å². The van der Waals surface area contributed by atoms with Gasteiger partial charge in [0.05, 0.1) is 12.2 Å². The third-order valence-corrected chi connectivity index (χ3v) is 3.25. The fraction of sp³-hybridized carbons (Fsp3) is 0.538. The summed E-state index contributed by atoms with van der Waals surface area (Å²) < 4.78 is 29.7. The van der Waals surface area contributed by atoms with Crippen LogP contribution >= 0.6 is 0 Å². The molecule has 5 heteroatoms. The first-order valence-corrected chi connectivity index (χ1v) is 7.42. The van der Waals surface area contributed by atoms with E-state index in [9.17, 15) is 4.39 Å². The molecule has 0 aliphatic rings. The largest absolute Gasteiger partial charge is 0.373 e. The number of halogens is 1. The third kappa shape index (κ3) is 6.25. The molecule has 0 heterocycles. The number of rotatable bonds is 7. The zero-order valence-corrected chi connectivity index (χ0v) is 12.8. The summed E-state index contributed by atoms with van der Waals surface area (Å²) in [7, 11) is -1.06. The van der Waals surface area contributed by atoms with E-state index < -0.39 is 16.2 Å². The van der Waals surface area contributed by atoms with Crippen molar-refractivity contribution in [2.24, 2.45) is 0 Å². The SMILES string of the molecule is CC(C)OC(O[SiH2]c1cccc(F)c1)OC(C)C. The van der Waals surface area contributed by atoms with Gasteiger partial charge in [0.15, 0.2) is 9.76 Å². The summed E-state index contributed by atoms with van der Waals surface area (Å²) in [6.07, 6.45) is 0.0468. The molecule has 1 aromatic rings. The summed E-state index contributed by atoms with van der Waals surface area (Å²) in [4.78, 5) is 0. The van der Waals surface area contributed by atoms with Gasteiger partial charge in [-0.25, -0.2) is 4.39 Å². The molecule has 0 amide bonds. The minimum absolute atomic E-state index is 0.0234. The summed E-state index contributed by atoms with van der Waals surface area (Å²) in [6, 6.07) is 6.46. The molecule has 0 aromatic heterocycles. The maximum Gasteiger partial charge on any atom is 0.262 e. The Labute approximate surface area is 110 Å². The second-order valence-corrected chi connectivity index (χ2v) is 6.04. The van der Waals surface area contributed by atoms with E-state index in [1.807, 2.05) is 33.8 Å². The van der Waals surface area contributed by atoms with Crippen molar-refractivity contribution in [2.75, 3.05) is 0 Å². The normalized spacial score (nSPS) is 12.4. The molecule has 3 nitrogen and oxygen atoms in total. The Morgan fingerprint density at radius 3 is 2.17 bits per heavy atom. The standard InChI is InChI=1S/C13H21FO3Si/c1-9(2)15-13(16-10(3)4)17-18-12-7-5-6-11(14)8-12/h5-10,13H,18H2,1-4H3. The summed E-state index contributed by atoms with van der Waals surface area (Å²) in [6.45, 7) is 7.01. The molecule has 0 bridgehead atoms. The van der Waals surface area contributed by atoms with Gasteiger partial charge < -0.3 is 13.9 Å². The average molecular weight is 272 g/mol. The van der Waals surface area contributed by atoms with E-state index in [-0.39, 0.29) is 18.0 Å². The van der Waals surface area contributed by atoms with Crippen LogP contribution in [0.2, 0.25) is 0 Å². The Balaban J connectivity index is 2.50. The van der Waals surface area contributed by atoms with Crippen molar-refractivity contribution in [3.63, 3.8) is 0 Å².